The standard InChI is InChI=1S/C13H17F3N6/c14-13(15,16)8-3-4-10(22-5-1-2-6-22)9(7-8)20-12(19)21-11(17)18/h3-4,7H,1-2,5-6H2,(H6,17,18,19,20,21). The molecule has 0 atom stereocenters. The van der Waals surface area contributed by atoms with Crippen LogP contribution in [0.4, 0.5) is 24.5 Å². The molecule has 1 heterocycles. The summed E-state index contributed by atoms with van der Waals surface area (Å²) in [4.78, 5) is 9.42. The number of anilines is 1. The van der Waals surface area contributed by atoms with E-state index in [1.54, 1.807) is 0 Å². The van der Waals surface area contributed by atoms with Gasteiger partial charge in [0.1, 0.15) is 0 Å². The summed E-state index contributed by atoms with van der Waals surface area (Å²) < 4.78 is 38.6. The number of alkyl halides is 3. The molecule has 1 aliphatic rings. The van der Waals surface area contributed by atoms with E-state index in [0.717, 1.165) is 38.1 Å². The Bertz CT molecular complexity index is 598. The van der Waals surface area contributed by atoms with Crippen LogP contribution >= 0.6 is 0 Å². The molecule has 22 heavy (non-hydrogen) atoms. The minimum absolute atomic E-state index is 0.0965. The van der Waals surface area contributed by atoms with E-state index in [1.165, 1.54) is 6.07 Å². The number of halogens is 3. The minimum Gasteiger partial charge on any atom is -0.370 e. The highest BCUT2D eigenvalue weighted by atomic mass is 19.4. The molecule has 0 spiro atoms. The second-order valence-electron chi connectivity index (χ2n) is 4.90. The number of benzene rings is 1. The lowest BCUT2D eigenvalue weighted by Gasteiger charge is -2.20. The lowest BCUT2D eigenvalue weighted by molar-refractivity contribution is -0.137. The molecule has 0 aromatic heterocycles. The number of aliphatic imine (C=N–C) groups is 2. The van der Waals surface area contributed by atoms with Crippen molar-refractivity contribution in [2.24, 2.45) is 27.2 Å². The minimum atomic E-state index is -4.46. The van der Waals surface area contributed by atoms with Gasteiger partial charge in [0, 0.05) is 13.1 Å². The Kier molecular flexibility index (Phi) is 4.43. The fourth-order valence-electron chi connectivity index (χ4n) is 2.30. The molecular formula is C13H17F3N6. The first-order chi connectivity index (χ1) is 10.3. The van der Waals surface area contributed by atoms with Crippen LogP contribution in [0.5, 0.6) is 0 Å². The van der Waals surface area contributed by atoms with Gasteiger partial charge in [-0.2, -0.15) is 18.2 Å². The summed E-state index contributed by atoms with van der Waals surface area (Å²) in [5.41, 5.74) is 15.8. The predicted octanol–water partition coefficient (Wildman–Crippen LogP) is 1.53. The maximum Gasteiger partial charge on any atom is 0.416 e. The van der Waals surface area contributed by atoms with Crippen LogP contribution in [0.2, 0.25) is 0 Å². The predicted molar refractivity (Wildman–Crippen MR) is 80.0 cm³/mol. The molecule has 1 aliphatic heterocycles. The molecule has 1 saturated heterocycles. The number of rotatable bonds is 2. The summed E-state index contributed by atoms with van der Waals surface area (Å²) in [6.07, 6.45) is -2.50. The van der Waals surface area contributed by atoms with Gasteiger partial charge in [-0.3, -0.25) is 0 Å². The van der Waals surface area contributed by atoms with Crippen LogP contribution in [0, 0.1) is 0 Å². The van der Waals surface area contributed by atoms with Gasteiger partial charge in [0.25, 0.3) is 0 Å². The summed E-state index contributed by atoms with van der Waals surface area (Å²) in [5, 5.41) is 0. The Morgan fingerprint density at radius 1 is 1.09 bits per heavy atom. The molecule has 1 aromatic carbocycles. The molecule has 0 bridgehead atoms. The third kappa shape index (κ3) is 3.80. The SMILES string of the molecule is NC(N)=NC(N)=Nc1cc(C(F)(F)F)ccc1N1CCCC1. The highest BCUT2D eigenvalue weighted by molar-refractivity contribution is 5.94. The Morgan fingerprint density at radius 3 is 2.27 bits per heavy atom. The average Bonchev–Trinajstić information content (AvgIpc) is 2.90. The number of nitrogens with two attached hydrogens (primary N) is 3. The van der Waals surface area contributed by atoms with Crippen molar-refractivity contribution in [1.29, 1.82) is 0 Å². The zero-order chi connectivity index (χ0) is 16.3. The molecule has 0 aliphatic carbocycles. The van der Waals surface area contributed by atoms with Gasteiger partial charge < -0.3 is 22.1 Å². The van der Waals surface area contributed by atoms with Gasteiger partial charge in [-0.05, 0) is 31.0 Å². The monoisotopic (exact) mass is 314 g/mol. The summed E-state index contributed by atoms with van der Waals surface area (Å²) in [6.45, 7) is 1.52. The van der Waals surface area contributed by atoms with Gasteiger partial charge >= 0.3 is 6.18 Å². The van der Waals surface area contributed by atoms with E-state index in [4.69, 9.17) is 17.2 Å². The molecule has 0 saturated carbocycles. The molecule has 1 aromatic rings. The van der Waals surface area contributed by atoms with E-state index in [1.807, 2.05) is 4.90 Å². The third-order valence-corrected chi connectivity index (χ3v) is 3.23. The maximum absolute atomic E-state index is 12.9. The Labute approximate surface area is 125 Å². The van der Waals surface area contributed by atoms with E-state index < -0.39 is 11.7 Å². The zero-order valence-corrected chi connectivity index (χ0v) is 11.8. The van der Waals surface area contributed by atoms with Crippen LogP contribution in [0.1, 0.15) is 18.4 Å². The average molecular weight is 314 g/mol. The summed E-state index contributed by atoms with van der Waals surface area (Å²) in [7, 11) is 0. The number of hydrogen-bond acceptors (Lipinski definition) is 2. The molecule has 0 amide bonds. The fraction of sp³-hybridized carbons (Fsp3) is 0.385. The van der Waals surface area contributed by atoms with Crippen molar-refractivity contribution in [3.8, 4) is 0 Å². The number of hydrogen-bond donors (Lipinski definition) is 3. The number of guanidine groups is 2. The third-order valence-electron chi connectivity index (χ3n) is 3.23. The summed E-state index contributed by atoms with van der Waals surface area (Å²) in [6, 6.07) is 3.38. The molecule has 6 nitrogen and oxygen atoms in total. The first-order valence-electron chi connectivity index (χ1n) is 6.67. The van der Waals surface area contributed by atoms with Gasteiger partial charge in [-0.25, -0.2) is 4.99 Å². The molecule has 9 heteroatoms. The van der Waals surface area contributed by atoms with E-state index in [0.29, 0.717) is 5.69 Å². The first kappa shape index (κ1) is 15.9. The normalized spacial score (nSPS) is 16.0. The zero-order valence-electron chi connectivity index (χ0n) is 11.8. The van der Waals surface area contributed by atoms with Crippen molar-refractivity contribution >= 4 is 23.3 Å². The van der Waals surface area contributed by atoms with Crippen LogP contribution in [-0.2, 0) is 6.18 Å². The van der Waals surface area contributed by atoms with Crippen molar-refractivity contribution < 1.29 is 13.2 Å². The van der Waals surface area contributed by atoms with Gasteiger partial charge in [0.2, 0.25) is 5.96 Å². The van der Waals surface area contributed by atoms with Crippen molar-refractivity contribution in [3.05, 3.63) is 23.8 Å². The molecule has 1 fully saturated rings. The summed E-state index contributed by atoms with van der Waals surface area (Å²) >= 11 is 0. The topological polar surface area (TPSA) is 106 Å². The molecular weight excluding hydrogens is 297 g/mol. The van der Waals surface area contributed by atoms with Crippen LogP contribution in [0.3, 0.4) is 0 Å². The first-order valence-corrected chi connectivity index (χ1v) is 6.67. The molecule has 0 unspecified atom stereocenters. The molecule has 6 N–H and O–H groups in total. The van der Waals surface area contributed by atoms with Crippen LogP contribution < -0.4 is 22.1 Å². The number of nitrogens with zero attached hydrogens (tertiary/aromatic N) is 3. The van der Waals surface area contributed by atoms with Crippen LogP contribution in [0.25, 0.3) is 0 Å². The lowest BCUT2D eigenvalue weighted by Crippen LogP contribution is -2.26. The summed E-state index contributed by atoms with van der Waals surface area (Å²) in [5.74, 6) is -0.601. The Balaban J connectivity index is 2.47. The van der Waals surface area contributed by atoms with E-state index >= 15 is 0 Å². The fourth-order valence-corrected chi connectivity index (χ4v) is 2.30. The van der Waals surface area contributed by atoms with E-state index in [2.05, 4.69) is 9.98 Å². The largest absolute Gasteiger partial charge is 0.416 e. The van der Waals surface area contributed by atoms with Crippen molar-refractivity contribution in [2.75, 3.05) is 18.0 Å². The van der Waals surface area contributed by atoms with Gasteiger partial charge in [0.15, 0.2) is 5.96 Å². The molecule has 120 valence electrons. The van der Waals surface area contributed by atoms with Gasteiger partial charge in [0.05, 0.1) is 16.9 Å². The van der Waals surface area contributed by atoms with Gasteiger partial charge in [-0.15, -0.1) is 0 Å². The van der Waals surface area contributed by atoms with Crippen molar-refractivity contribution in [2.45, 2.75) is 19.0 Å². The van der Waals surface area contributed by atoms with Crippen molar-refractivity contribution in [1.82, 2.24) is 0 Å². The molecule has 2 rings (SSSR count). The smallest absolute Gasteiger partial charge is 0.370 e. The van der Waals surface area contributed by atoms with Gasteiger partial charge in [-0.1, -0.05) is 0 Å². The Hall–Kier alpha value is -2.45. The van der Waals surface area contributed by atoms with Crippen molar-refractivity contribution in [3.63, 3.8) is 0 Å². The highest BCUT2D eigenvalue weighted by Crippen LogP contribution is 2.37. The lowest BCUT2D eigenvalue weighted by atomic mass is 10.1. The van der Waals surface area contributed by atoms with E-state index in [9.17, 15) is 13.2 Å². The quantitative estimate of drug-likeness (QED) is 0.568. The second kappa shape index (κ2) is 6.12. The van der Waals surface area contributed by atoms with Crippen LogP contribution in [-0.4, -0.2) is 25.0 Å². The maximum atomic E-state index is 12.9. The Morgan fingerprint density at radius 2 is 1.73 bits per heavy atom. The second-order valence-corrected chi connectivity index (χ2v) is 4.90. The molecule has 0 radical (unpaired) electrons. The van der Waals surface area contributed by atoms with E-state index in [-0.39, 0.29) is 17.6 Å². The highest BCUT2D eigenvalue weighted by Gasteiger charge is 2.31. The van der Waals surface area contributed by atoms with Crippen LogP contribution in [0.15, 0.2) is 28.2 Å².